The molecule has 0 heterocycles. The van der Waals surface area contributed by atoms with Crippen LogP contribution in [0.1, 0.15) is 29.5 Å². The van der Waals surface area contributed by atoms with E-state index in [2.05, 4.69) is 24.8 Å². The van der Waals surface area contributed by atoms with E-state index in [0.717, 1.165) is 18.4 Å². The molecule has 0 atom stereocenters. The van der Waals surface area contributed by atoms with Gasteiger partial charge in [-0.1, -0.05) is 24.3 Å². The third-order valence-corrected chi connectivity index (χ3v) is 3.84. The Bertz CT molecular complexity index is 482. The Kier molecular flexibility index (Phi) is 5.36. The van der Waals surface area contributed by atoms with Gasteiger partial charge in [-0.2, -0.15) is 0 Å². The Labute approximate surface area is 120 Å². The van der Waals surface area contributed by atoms with E-state index in [9.17, 15) is 4.79 Å². The van der Waals surface area contributed by atoms with Gasteiger partial charge >= 0.3 is 0 Å². The summed E-state index contributed by atoms with van der Waals surface area (Å²) in [5.74, 6) is 0.0507. The van der Waals surface area contributed by atoms with Crippen molar-refractivity contribution in [2.45, 2.75) is 32.1 Å². The molecule has 0 bridgehead atoms. The molecule has 1 aromatic rings. The van der Waals surface area contributed by atoms with Gasteiger partial charge in [0, 0.05) is 13.1 Å². The molecule has 0 radical (unpaired) electrons. The fourth-order valence-electron chi connectivity index (χ4n) is 2.78. The van der Waals surface area contributed by atoms with Crippen LogP contribution >= 0.6 is 0 Å². The number of aliphatic hydroxyl groups excluding tert-OH is 1. The molecule has 1 aromatic carbocycles. The number of hydrogen-bond acceptors (Lipinski definition) is 2. The van der Waals surface area contributed by atoms with E-state index in [1.807, 2.05) is 0 Å². The average Bonchev–Trinajstić information content (AvgIpc) is 2.47. The second-order valence-corrected chi connectivity index (χ2v) is 5.34. The number of hydrogen-bond donors (Lipinski definition) is 1. The fourth-order valence-corrected chi connectivity index (χ4v) is 2.78. The van der Waals surface area contributed by atoms with E-state index in [-0.39, 0.29) is 12.5 Å². The predicted molar refractivity (Wildman–Crippen MR) is 80.7 cm³/mol. The highest BCUT2D eigenvalue weighted by Crippen LogP contribution is 2.22. The molecule has 0 aliphatic heterocycles. The van der Waals surface area contributed by atoms with Gasteiger partial charge in [0.05, 0.1) is 13.0 Å². The topological polar surface area (TPSA) is 40.5 Å². The Morgan fingerprint density at radius 1 is 1.30 bits per heavy atom. The Hall–Kier alpha value is -1.61. The van der Waals surface area contributed by atoms with E-state index in [1.165, 1.54) is 24.0 Å². The molecule has 2 rings (SSSR count). The third kappa shape index (κ3) is 3.70. The standard InChI is InChI=1S/C17H23NO2/c1-2-9-18(10-11-19)17(20)13-14-7-8-15-5-3-4-6-16(15)12-14/h2,7-8,12,19H,1,3-6,9-11,13H2. The highest BCUT2D eigenvalue weighted by Gasteiger charge is 2.14. The first-order chi connectivity index (χ1) is 9.74. The molecule has 0 unspecified atom stereocenters. The van der Waals surface area contributed by atoms with Crippen molar-refractivity contribution in [1.29, 1.82) is 0 Å². The molecule has 0 saturated carbocycles. The summed E-state index contributed by atoms with van der Waals surface area (Å²) in [4.78, 5) is 13.9. The van der Waals surface area contributed by atoms with Crippen molar-refractivity contribution < 1.29 is 9.90 Å². The average molecular weight is 273 g/mol. The maximum Gasteiger partial charge on any atom is 0.227 e. The van der Waals surface area contributed by atoms with Crippen LogP contribution in [0.3, 0.4) is 0 Å². The van der Waals surface area contributed by atoms with Gasteiger partial charge in [-0.25, -0.2) is 0 Å². The van der Waals surface area contributed by atoms with E-state index in [1.54, 1.807) is 11.0 Å². The summed E-state index contributed by atoms with van der Waals surface area (Å²) in [6, 6.07) is 6.41. The normalized spacial score (nSPS) is 13.7. The van der Waals surface area contributed by atoms with Gasteiger partial charge in [-0.15, -0.1) is 6.58 Å². The molecular formula is C17H23NO2. The molecule has 0 fully saturated rings. The van der Waals surface area contributed by atoms with Crippen molar-refractivity contribution >= 4 is 5.91 Å². The number of benzene rings is 1. The molecule has 3 heteroatoms. The predicted octanol–water partition coefficient (Wildman–Crippen LogP) is 2.11. The number of aryl methyl sites for hydroxylation is 2. The summed E-state index contributed by atoms with van der Waals surface area (Å²) < 4.78 is 0. The molecule has 108 valence electrons. The van der Waals surface area contributed by atoms with E-state index < -0.39 is 0 Å². The molecule has 1 N–H and O–H groups in total. The summed E-state index contributed by atoms with van der Waals surface area (Å²) in [6.45, 7) is 4.51. The number of fused-ring (bicyclic) bond motifs is 1. The minimum absolute atomic E-state index is 0.0102. The summed E-state index contributed by atoms with van der Waals surface area (Å²) in [7, 11) is 0. The molecule has 1 aliphatic carbocycles. The summed E-state index contributed by atoms with van der Waals surface area (Å²) in [5, 5.41) is 9.01. The number of aliphatic hydroxyl groups is 1. The molecular weight excluding hydrogens is 250 g/mol. The van der Waals surface area contributed by atoms with Crippen LogP contribution in [-0.2, 0) is 24.1 Å². The molecule has 0 spiro atoms. The summed E-state index contributed by atoms with van der Waals surface area (Å²) in [5.41, 5.74) is 3.91. The number of rotatable bonds is 6. The van der Waals surface area contributed by atoms with Gasteiger partial charge < -0.3 is 10.0 Å². The van der Waals surface area contributed by atoms with Crippen LogP contribution < -0.4 is 0 Å². The summed E-state index contributed by atoms with van der Waals surface area (Å²) in [6.07, 6.45) is 6.91. The van der Waals surface area contributed by atoms with Crippen LogP contribution in [0.25, 0.3) is 0 Å². The van der Waals surface area contributed by atoms with Gasteiger partial charge in [0.25, 0.3) is 0 Å². The highest BCUT2D eigenvalue weighted by atomic mass is 16.3. The second-order valence-electron chi connectivity index (χ2n) is 5.34. The first-order valence-corrected chi connectivity index (χ1v) is 7.35. The lowest BCUT2D eigenvalue weighted by Crippen LogP contribution is -2.34. The lowest BCUT2D eigenvalue weighted by atomic mass is 9.90. The smallest absolute Gasteiger partial charge is 0.227 e. The van der Waals surface area contributed by atoms with Crippen molar-refractivity contribution in [2.24, 2.45) is 0 Å². The van der Waals surface area contributed by atoms with Crippen molar-refractivity contribution in [3.05, 3.63) is 47.5 Å². The van der Waals surface area contributed by atoms with Crippen LogP contribution in [0, 0.1) is 0 Å². The van der Waals surface area contributed by atoms with Crippen molar-refractivity contribution in [3.63, 3.8) is 0 Å². The zero-order valence-electron chi connectivity index (χ0n) is 12.0. The molecule has 3 nitrogen and oxygen atoms in total. The maximum atomic E-state index is 12.2. The van der Waals surface area contributed by atoms with Gasteiger partial charge in [0.2, 0.25) is 5.91 Å². The van der Waals surface area contributed by atoms with Crippen LogP contribution in [0.4, 0.5) is 0 Å². The minimum Gasteiger partial charge on any atom is -0.395 e. The maximum absolute atomic E-state index is 12.2. The quantitative estimate of drug-likeness (QED) is 0.807. The van der Waals surface area contributed by atoms with Gasteiger partial charge in [-0.3, -0.25) is 4.79 Å². The monoisotopic (exact) mass is 273 g/mol. The summed E-state index contributed by atoms with van der Waals surface area (Å²) >= 11 is 0. The molecule has 0 aromatic heterocycles. The zero-order chi connectivity index (χ0) is 14.4. The van der Waals surface area contributed by atoms with E-state index in [0.29, 0.717) is 19.5 Å². The van der Waals surface area contributed by atoms with Crippen molar-refractivity contribution in [1.82, 2.24) is 4.90 Å². The molecule has 1 amide bonds. The highest BCUT2D eigenvalue weighted by molar-refractivity contribution is 5.79. The third-order valence-electron chi connectivity index (χ3n) is 3.84. The first-order valence-electron chi connectivity index (χ1n) is 7.35. The number of carbonyl (C=O) groups is 1. The van der Waals surface area contributed by atoms with Crippen LogP contribution in [0.2, 0.25) is 0 Å². The van der Waals surface area contributed by atoms with E-state index in [4.69, 9.17) is 5.11 Å². The van der Waals surface area contributed by atoms with Crippen LogP contribution in [0.5, 0.6) is 0 Å². The van der Waals surface area contributed by atoms with Gasteiger partial charge in [0.15, 0.2) is 0 Å². The van der Waals surface area contributed by atoms with Crippen molar-refractivity contribution in [2.75, 3.05) is 19.7 Å². The lowest BCUT2D eigenvalue weighted by molar-refractivity contribution is -0.130. The molecule has 1 aliphatic rings. The number of carbonyl (C=O) groups excluding carboxylic acids is 1. The number of amides is 1. The minimum atomic E-state index is -0.0102. The van der Waals surface area contributed by atoms with E-state index >= 15 is 0 Å². The van der Waals surface area contributed by atoms with Crippen LogP contribution in [0.15, 0.2) is 30.9 Å². The number of nitrogens with zero attached hydrogens (tertiary/aromatic N) is 1. The lowest BCUT2D eigenvalue weighted by Gasteiger charge is -2.21. The van der Waals surface area contributed by atoms with Gasteiger partial charge in [-0.05, 0) is 42.4 Å². The Morgan fingerprint density at radius 3 is 2.75 bits per heavy atom. The largest absolute Gasteiger partial charge is 0.395 e. The second kappa shape index (κ2) is 7.25. The van der Waals surface area contributed by atoms with Crippen molar-refractivity contribution in [3.8, 4) is 0 Å². The SMILES string of the molecule is C=CCN(CCO)C(=O)Cc1ccc2c(c1)CCCC2. The fraction of sp³-hybridized carbons (Fsp3) is 0.471. The zero-order valence-corrected chi connectivity index (χ0v) is 12.0. The Balaban J connectivity index is 2.04. The Morgan fingerprint density at radius 2 is 2.05 bits per heavy atom. The first kappa shape index (κ1) is 14.8. The van der Waals surface area contributed by atoms with Gasteiger partial charge in [0.1, 0.15) is 0 Å². The molecule has 0 saturated heterocycles. The van der Waals surface area contributed by atoms with Crippen LogP contribution in [-0.4, -0.2) is 35.6 Å². The molecule has 20 heavy (non-hydrogen) atoms.